The number of carbonyl (C=O) groups excluding carboxylic acids is 1. The molecule has 1 amide bonds. The van der Waals surface area contributed by atoms with E-state index in [9.17, 15) is 4.79 Å². The van der Waals surface area contributed by atoms with Crippen LogP contribution >= 0.6 is 0 Å². The molecule has 2 rings (SSSR count). The van der Waals surface area contributed by atoms with E-state index >= 15 is 0 Å². The van der Waals surface area contributed by atoms with Crippen molar-refractivity contribution in [2.45, 2.75) is 38.6 Å². The van der Waals surface area contributed by atoms with Crippen molar-refractivity contribution < 1.29 is 9.53 Å². The van der Waals surface area contributed by atoms with Crippen molar-refractivity contribution in [1.82, 2.24) is 0 Å². The summed E-state index contributed by atoms with van der Waals surface area (Å²) in [5.74, 6) is 1.53. The number of carbonyl (C=O) groups is 1. The van der Waals surface area contributed by atoms with E-state index < -0.39 is 0 Å². The second-order valence-corrected chi connectivity index (χ2v) is 5.74. The molecule has 1 aliphatic carbocycles. The Morgan fingerprint density at radius 2 is 1.95 bits per heavy atom. The van der Waals surface area contributed by atoms with Crippen LogP contribution in [0, 0.1) is 11.8 Å². The van der Waals surface area contributed by atoms with Crippen LogP contribution in [-0.2, 0) is 4.79 Å². The average molecular weight is 276 g/mol. The van der Waals surface area contributed by atoms with Gasteiger partial charge in [-0.05, 0) is 36.8 Å². The van der Waals surface area contributed by atoms with Gasteiger partial charge in [0.15, 0.2) is 0 Å². The summed E-state index contributed by atoms with van der Waals surface area (Å²) >= 11 is 0. The van der Waals surface area contributed by atoms with Crippen molar-refractivity contribution in [3.8, 4) is 5.75 Å². The molecule has 1 aromatic rings. The summed E-state index contributed by atoms with van der Waals surface area (Å²) in [5, 5.41) is 3.28. The molecular formula is C16H24N2O2. The van der Waals surface area contributed by atoms with Gasteiger partial charge in [-0.3, -0.25) is 4.79 Å². The van der Waals surface area contributed by atoms with Gasteiger partial charge in [-0.15, -0.1) is 0 Å². The molecule has 1 aliphatic rings. The number of nitrogens with two attached hydrogens (primary N) is 1. The first-order chi connectivity index (χ1) is 9.61. The maximum absolute atomic E-state index is 11.8. The fraction of sp³-hybridized carbons (Fsp3) is 0.562. The summed E-state index contributed by atoms with van der Waals surface area (Å²) in [6.07, 6.45) is 4.44. The summed E-state index contributed by atoms with van der Waals surface area (Å²) in [7, 11) is 1.63. The zero-order valence-corrected chi connectivity index (χ0v) is 12.3. The van der Waals surface area contributed by atoms with Gasteiger partial charge >= 0.3 is 0 Å². The van der Waals surface area contributed by atoms with Gasteiger partial charge < -0.3 is 15.8 Å². The van der Waals surface area contributed by atoms with Gasteiger partial charge in [0.25, 0.3) is 0 Å². The molecule has 0 heterocycles. The largest absolute Gasteiger partial charge is 0.495 e. The molecule has 1 saturated carbocycles. The van der Waals surface area contributed by atoms with Gasteiger partial charge in [-0.2, -0.15) is 0 Å². The van der Waals surface area contributed by atoms with Crippen LogP contribution in [0.3, 0.4) is 0 Å². The third-order valence-electron chi connectivity index (χ3n) is 4.26. The van der Waals surface area contributed by atoms with Gasteiger partial charge in [0, 0.05) is 0 Å². The number of para-hydroxylation sites is 2. The molecule has 0 radical (unpaired) electrons. The van der Waals surface area contributed by atoms with E-state index in [1.165, 1.54) is 12.8 Å². The quantitative estimate of drug-likeness (QED) is 0.869. The topological polar surface area (TPSA) is 64.3 Å². The lowest BCUT2D eigenvalue weighted by molar-refractivity contribution is -0.120. The van der Waals surface area contributed by atoms with Crippen molar-refractivity contribution in [2.75, 3.05) is 12.4 Å². The first kappa shape index (κ1) is 14.7. The Hall–Kier alpha value is -1.71. The lowest BCUT2D eigenvalue weighted by Gasteiger charge is -2.32. The van der Waals surface area contributed by atoms with Crippen molar-refractivity contribution in [1.29, 1.82) is 0 Å². The van der Waals surface area contributed by atoms with E-state index in [1.54, 1.807) is 7.11 Å². The van der Waals surface area contributed by atoms with Crippen LogP contribution in [0.5, 0.6) is 5.75 Å². The van der Waals surface area contributed by atoms with Gasteiger partial charge in [0.1, 0.15) is 11.8 Å². The lowest BCUT2D eigenvalue weighted by Crippen LogP contribution is -2.42. The number of nitrogens with one attached hydrogen (secondary N) is 1. The highest BCUT2D eigenvalue weighted by Gasteiger charge is 2.30. The number of methoxy groups -OCH3 is 1. The van der Waals surface area contributed by atoms with Crippen LogP contribution in [0.4, 0.5) is 5.69 Å². The molecule has 20 heavy (non-hydrogen) atoms. The van der Waals surface area contributed by atoms with Crippen molar-refractivity contribution in [2.24, 2.45) is 17.6 Å². The first-order valence-corrected chi connectivity index (χ1v) is 7.30. The van der Waals surface area contributed by atoms with Gasteiger partial charge in [-0.25, -0.2) is 0 Å². The predicted molar refractivity (Wildman–Crippen MR) is 80.7 cm³/mol. The SMILES string of the molecule is COc1ccccc1NC(C(N)=O)C1CCC(C)CC1. The Balaban J connectivity index is 2.11. The minimum Gasteiger partial charge on any atom is -0.495 e. The maximum atomic E-state index is 11.8. The molecule has 0 aliphatic heterocycles. The van der Waals surface area contributed by atoms with E-state index in [-0.39, 0.29) is 11.9 Å². The standard InChI is InChI=1S/C16H24N2O2/c1-11-7-9-12(10-8-11)15(16(17)19)18-13-5-3-4-6-14(13)20-2/h3-6,11-12,15,18H,7-10H2,1-2H3,(H2,17,19). The van der Waals surface area contributed by atoms with E-state index in [0.29, 0.717) is 5.92 Å². The normalized spacial score (nSPS) is 23.9. The number of rotatable bonds is 5. The van der Waals surface area contributed by atoms with Crippen LogP contribution in [0.15, 0.2) is 24.3 Å². The Kier molecular flexibility index (Phi) is 4.88. The number of hydrogen-bond acceptors (Lipinski definition) is 3. The van der Waals surface area contributed by atoms with Crippen LogP contribution in [0.25, 0.3) is 0 Å². The van der Waals surface area contributed by atoms with E-state index in [4.69, 9.17) is 10.5 Å². The van der Waals surface area contributed by atoms with Crippen LogP contribution in [-0.4, -0.2) is 19.1 Å². The zero-order valence-electron chi connectivity index (χ0n) is 12.3. The number of primary amides is 1. The molecule has 1 atom stereocenters. The molecule has 0 spiro atoms. The third-order valence-corrected chi connectivity index (χ3v) is 4.26. The van der Waals surface area contributed by atoms with Crippen LogP contribution < -0.4 is 15.8 Å². The smallest absolute Gasteiger partial charge is 0.240 e. The number of ether oxygens (including phenoxy) is 1. The summed E-state index contributed by atoms with van der Waals surface area (Å²) < 4.78 is 5.32. The van der Waals surface area contributed by atoms with Crippen molar-refractivity contribution >= 4 is 11.6 Å². The second-order valence-electron chi connectivity index (χ2n) is 5.74. The van der Waals surface area contributed by atoms with E-state index in [2.05, 4.69) is 12.2 Å². The fourth-order valence-electron chi connectivity index (χ4n) is 2.97. The van der Waals surface area contributed by atoms with Crippen LogP contribution in [0.2, 0.25) is 0 Å². The highest BCUT2D eigenvalue weighted by Crippen LogP contribution is 2.33. The predicted octanol–water partition coefficient (Wildman–Crippen LogP) is 2.79. The minimum atomic E-state index is -0.321. The Morgan fingerprint density at radius 1 is 1.30 bits per heavy atom. The highest BCUT2D eigenvalue weighted by atomic mass is 16.5. The molecule has 4 nitrogen and oxygen atoms in total. The fourth-order valence-corrected chi connectivity index (χ4v) is 2.97. The molecule has 0 bridgehead atoms. The second kappa shape index (κ2) is 6.64. The van der Waals surface area contributed by atoms with E-state index in [0.717, 1.165) is 30.2 Å². The lowest BCUT2D eigenvalue weighted by atomic mass is 9.79. The number of amides is 1. The minimum absolute atomic E-state index is 0.282. The molecule has 1 aromatic carbocycles. The molecule has 1 unspecified atom stereocenters. The summed E-state index contributed by atoms with van der Waals surface area (Å²) in [4.78, 5) is 11.8. The van der Waals surface area contributed by atoms with Gasteiger partial charge in [-0.1, -0.05) is 31.9 Å². The average Bonchev–Trinajstić information content (AvgIpc) is 2.46. The summed E-state index contributed by atoms with van der Waals surface area (Å²) in [6, 6.07) is 7.31. The van der Waals surface area contributed by atoms with Gasteiger partial charge in [0.2, 0.25) is 5.91 Å². The Bertz CT molecular complexity index is 454. The molecule has 1 fully saturated rings. The van der Waals surface area contributed by atoms with E-state index in [1.807, 2.05) is 24.3 Å². The molecule has 3 N–H and O–H groups in total. The Morgan fingerprint density at radius 3 is 2.55 bits per heavy atom. The monoisotopic (exact) mass is 276 g/mol. The Labute approximate surface area is 120 Å². The van der Waals surface area contributed by atoms with Crippen LogP contribution in [0.1, 0.15) is 32.6 Å². The number of anilines is 1. The number of hydrogen-bond donors (Lipinski definition) is 2. The van der Waals surface area contributed by atoms with Crippen molar-refractivity contribution in [3.63, 3.8) is 0 Å². The molecule has 110 valence electrons. The molecule has 4 heteroatoms. The molecule has 0 saturated heterocycles. The molecular weight excluding hydrogens is 252 g/mol. The summed E-state index contributed by atoms with van der Waals surface area (Å²) in [5.41, 5.74) is 6.43. The number of benzene rings is 1. The highest BCUT2D eigenvalue weighted by molar-refractivity contribution is 5.84. The van der Waals surface area contributed by atoms with Gasteiger partial charge in [0.05, 0.1) is 12.8 Å². The van der Waals surface area contributed by atoms with Crippen molar-refractivity contribution in [3.05, 3.63) is 24.3 Å². The first-order valence-electron chi connectivity index (χ1n) is 7.30. The maximum Gasteiger partial charge on any atom is 0.240 e. The summed E-state index contributed by atoms with van der Waals surface area (Å²) in [6.45, 7) is 2.27. The third kappa shape index (κ3) is 3.44. The molecule has 0 aromatic heterocycles. The zero-order chi connectivity index (χ0) is 14.5.